The Labute approximate surface area is 129 Å². The minimum Gasteiger partial charge on any atom is -0.375 e. The molecule has 0 N–H and O–H groups in total. The monoisotopic (exact) mass is 324 g/mol. The Hall–Kier alpha value is -2.13. The van der Waals surface area contributed by atoms with Gasteiger partial charge in [0.15, 0.2) is 18.6 Å². The minimum absolute atomic E-state index is 0.130. The van der Waals surface area contributed by atoms with Crippen molar-refractivity contribution in [2.24, 2.45) is 0 Å². The molecule has 0 aliphatic rings. The molecule has 0 saturated heterocycles. The van der Waals surface area contributed by atoms with Crippen LogP contribution in [0.5, 0.6) is 0 Å². The SMILES string of the molecule is COS(=O)(=O)CC[n+]1ccc(-c2ncc(N(C)C)cn2)cn1. The molecule has 0 amide bonds. The summed E-state index contributed by atoms with van der Waals surface area (Å²) in [6.07, 6.45) is 6.75. The van der Waals surface area contributed by atoms with E-state index in [4.69, 9.17) is 0 Å². The second kappa shape index (κ2) is 6.75. The fraction of sp³-hybridized carbons (Fsp3) is 0.385. The first-order valence-corrected chi connectivity index (χ1v) is 8.13. The van der Waals surface area contributed by atoms with Gasteiger partial charge in [-0.25, -0.2) is 9.97 Å². The van der Waals surface area contributed by atoms with Crippen molar-refractivity contribution < 1.29 is 17.3 Å². The van der Waals surface area contributed by atoms with Gasteiger partial charge in [-0.1, -0.05) is 4.68 Å². The lowest BCUT2D eigenvalue weighted by atomic mass is 10.3. The van der Waals surface area contributed by atoms with Crippen LogP contribution in [-0.2, 0) is 20.8 Å². The molecule has 2 aromatic rings. The van der Waals surface area contributed by atoms with Crippen LogP contribution < -0.4 is 9.58 Å². The van der Waals surface area contributed by atoms with Crippen LogP contribution in [0.2, 0.25) is 0 Å². The van der Waals surface area contributed by atoms with E-state index in [1.807, 2.05) is 19.0 Å². The molecule has 0 aliphatic heterocycles. The third-order valence-electron chi connectivity index (χ3n) is 3.01. The van der Waals surface area contributed by atoms with Crippen LogP contribution in [0.15, 0.2) is 30.9 Å². The first-order chi connectivity index (χ1) is 10.4. The summed E-state index contributed by atoms with van der Waals surface area (Å²) in [6, 6.07) is 1.79. The van der Waals surface area contributed by atoms with Crippen molar-refractivity contribution in [1.82, 2.24) is 15.1 Å². The molecule has 22 heavy (non-hydrogen) atoms. The van der Waals surface area contributed by atoms with Crippen molar-refractivity contribution in [3.63, 3.8) is 0 Å². The van der Waals surface area contributed by atoms with Crippen LogP contribution in [0.4, 0.5) is 5.69 Å². The van der Waals surface area contributed by atoms with Gasteiger partial charge < -0.3 is 4.90 Å². The van der Waals surface area contributed by atoms with E-state index in [0.717, 1.165) is 18.4 Å². The Bertz CT molecular complexity index is 714. The Kier molecular flexibility index (Phi) is 4.99. The second-order valence-electron chi connectivity index (χ2n) is 4.77. The third kappa shape index (κ3) is 4.18. The molecule has 0 fully saturated rings. The van der Waals surface area contributed by atoms with Gasteiger partial charge in [0.2, 0.25) is 0 Å². The van der Waals surface area contributed by atoms with Gasteiger partial charge in [-0.05, 0) is 5.10 Å². The number of hydrogen-bond donors (Lipinski definition) is 0. The Morgan fingerprint density at radius 3 is 2.41 bits per heavy atom. The molecule has 0 saturated carbocycles. The summed E-state index contributed by atoms with van der Waals surface area (Å²) in [5, 5.41) is 4.16. The number of hydrogen-bond acceptors (Lipinski definition) is 7. The highest BCUT2D eigenvalue weighted by Crippen LogP contribution is 2.14. The number of aromatic nitrogens is 4. The third-order valence-corrected chi connectivity index (χ3v) is 4.20. The first kappa shape index (κ1) is 16.2. The zero-order chi connectivity index (χ0) is 16.2. The predicted octanol–water partition coefficient (Wildman–Crippen LogP) is -0.132. The summed E-state index contributed by atoms with van der Waals surface area (Å²) in [6.45, 7) is 0.219. The number of nitrogens with zero attached hydrogens (tertiary/aromatic N) is 5. The summed E-state index contributed by atoms with van der Waals surface area (Å²) in [4.78, 5) is 10.5. The molecule has 0 atom stereocenters. The lowest BCUT2D eigenvalue weighted by molar-refractivity contribution is -0.750. The molecule has 0 radical (unpaired) electrons. The molecule has 8 nitrogen and oxygen atoms in total. The van der Waals surface area contributed by atoms with Crippen molar-refractivity contribution in [2.75, 3.05) is 31.9 Å². The second-order valence-corrected chi connectivity index (χ2v) is 6.62. The van der Waals surface area contributed by atoms with Crippen molar-refractivity contribution in [2.45, 2.75) is 6.54 Å². The van der Waals surface area contributed by atoms with Gasteiger partial charge in [0, 0.05) is 25.7 Å². The molecule has 2 rings (SSSR count). The maximum Gasteiger partial charge on any atom is 0.273 e. The molecule has 2 aromatic heterocycles. The lowest BCUT2D eigenvalue weighted by Crippen LogP contribution is -2.40. The normalized spacial score (nSPS) is 11.4. The molecule has 118 valence electrons. The predicted molar refractivity (Wildman–Crippen MR) is 80.6 cm³/mol. The standard InChI is InChI=1S/C13H18N5O3S/c1-17(2)12-9-14-13(15-10-12)11-4-5-18(16-8-11)6-7-22(19,20)21-3/h4-5,8-10H,6-7H2,1-3H3/q+1. The lowest BCUT2D eigenvalue weighted by Gasteiger charge is -2.10. The zero-order valence-corrected chi connectivity index (χ0v) is 13.5. The molecular weight excluding hydrogens is 306 g/mol. The molecule has 0 bridgehead atoms. The van der Waals surface area contributed by atoms with E-state index in [0.29, 0.717) is 5.82 Å². The molecule has 0 aromatic carbocycles. The average molecular weight is 324 g/mol. The van der Waals surface area contributed by atoms with Crippen LogP contribution in [-0.4, -0.2) is 50.4 Å². The highest BCUT2D eigenvalue weighted by molar-refractivity contribution is 7.86. The Morgan fingerprint density at radius 2 is 1.91 bits per heavy atom. The van der Waals surface area contributed by atoms with Crippen molar-refractivity contribution in [3.05, 3.63) is 30.9 Å². The van der Waals surface area contributed by atoms with Crippen molar-refractivity contribution >= 4 is 15.8 Å². The first-order valence-electron chi connectivity index (χ1n) is 6.55. The van der Waals surface area contributed by atoms with Crippen LogP contribution in [0, 0.1) is 0 Å². The van der Waals surface area contributed by atoms with Gasteiger partial charge in [0.1, 0.15) is 11.9 Å². The highest BCUT2D eigenvalue weighted by atomic mass is 32.2. The van der Waals surface area contributed by atoms with Crippen molar-refractivity contribution in [1.29, 1.82) is 0 Å². The van der Waals surface area contributed by atoms with Crippen LogP contribution in [0.1, 0.15) is 0 Å². The van der Waals surface area contributed by atoms with Crippen LogP contribution in [0.3, 0.4) is 0 Å². The molecule has 2 heterocycles. The van der Waals surface area contributed by atoms with Gasteiger partial charge >= 0.3 is 0 Å². The molecular formula is C13H18N5O3S+. The summed E-state index contributed by atoms with van der Waals surface area (Å²) in [5.41, 5.74) is 1.67. The van der Waals surface area contributed by atoms with Crippen LogP contribution >= 0.6 is 0 Å². The van der Waals surface area contributed by atoms with Gasteiger partial charge in [0.25, 0.3) is 10.1 Å². The number of anilines is 1. The molecule has 0 spiro atoms. The van der Waals surface area contributed by atoms with Gasteiger partial charge in [0.05, 0.1) is 25.2 Å². The van der Waals surface area contributed by atoms with Gasteiger partial charge in [-0.15, -0.1) is 0 Å². The fourth-order valence-electron chi connectivity index (χ4n) is 1.64. The quantitative estimate of drug-likeness (QED) is 0.540. The molecule has 0 aliphatic carbocycles. The Balaban J connectivity index is 2.08. The fourth-order valence-corrected chi connectivity index (χ4v) is 2.22. The Morgan fingerprint density at radius 1 is 1.23 bits per heavy atom. The summed E-state index contributed by atoms with van der Waals surface area (Å²) >= 11 is 0. The van der Waals surface area contributed by atoms with Gasteiger partial charge in [-0.3, -0.25) is 4.18 Å². The van der Waals surface area contributed by atoms with Crippen molar-refractivity contribution in [3.8, 4) is 11.4 Å². The van der Waals surface area contributed by atoms with E-state index in [1.54, 1.807) is 30.9 Å². The maximum absolute atomic E-state index is 11.3. The average Bonchev–Trinajstić information content (AvgIpc) is 2.54. The topological polar surface area (TPSA) is 89.2 Å². The highest BCUT2D eigenvalue weighted by Gasteiger charge is 2.14. The maximum atomic E-state index is 11.3. The zero-order valence-electron chi connectivity index (χ0n) is 12.7. The summed E-state index contributed by atoms with van der Waals surface area (Å²) in [7, 11) is 1.49. The van der Waals surface area contributed by atoms with E-state index in [-0.39, 0.29) is 12.3 Å². The number of aryl methyl sites for hydroxylation is 1. The summed E-state index contributed by atoms with van der Waals surface area (Å²) in [5.74, 6) is 0.434. The van der Waals surface area contributed by atoms with E-state index < -0.39 is 10.1 Å². The summed E-state index contributed by atoms with van der Waals surface area (Å²) < 4.78 is 28.4. The van der Waals surface area contributed by atoms with E-state index in [9.17, 15) is 8.42 Å². The van der Waals surface area contributed by atoms with E-state index in [2.05, 4.69) is 19.2 Å². The van der Waals surface area contributed by atoms with E-state index in [1.165, 1.54) is 4.68 Å². The van der Waals surface area contributed by atoms with Gasteiger partial charge in [-0.2, -0.15) is 8.42 Å². The molecule has 0 unspecified atom stereocenters. The van der Waals surface area contributed by atoms with E-state index >= 15 is 0 Å². The smallest absolute Gasteiger partial charge is 0.273 e. The molecule has 9 heteroatoms. The number of rotatable bonds is 6. The largest absolute Gasteiger partial charge is 0.375 e. The minimum atomic E-state index is -3.48. The van der Waals surface area contributed by atoms with Crippen LogP contribution in [0.25, 0.3) is 11.4 Å².